The van der Waals surface area contributed by atoms with Crippen LogP contribution in [0.5, 0.6) is 0 Å². The molecule has 3 nitrogen and oxygen atoms in total. The van der Waals surface area contributed by atoms with Crippen molar-refractivity contribution in [1.82, 2.24) is 0 Å². The van der Waals surface area contributed by atoms with Crippen molar-refractivity contribution in [2.24, 2.45) is 11.8 Å². The molecule has 0 saturated heterocycles. The lowest BCUT2D eigenvalue weighted by Gasteiger charge is -2.23. The van der Waals surface area contributed by atoms with Crippen LogP contribution in [-0.4, -0.2) is 19.4 Å². The highest BCUT2D eigenvalue weighted by molar-refractivity contribution is 7.53. The molecular formula is C18H37O3P. The van der Waals surface area contributed by atoms with Crippen molar-refractivity contribution in [2.75, 3.05) is 19.4 Å². The fraction of sp³-hybridized carbons (Fsp3) is 1.00. The largest absolute Gasteiger partial charge is 0.330 e. The van der Waals surface area contributed by atoms with Crippen LogP contribution in [0.2, 0.25) is 0 Å². The molecule has 1 aliphatic rings. The summed E-state index contributed by atoms with van der Waals surface area (Å²) in [4.78, 5) is 0. The summed E-state index contributed by atoms with van der Waals surface area (Å²) < 4.78 is 24.3. The van der Waals surface area contributed by atoms with Crippen LogP contribution < -0.4 is 0 Å². The Morgan fingerprint density at radius 2 is 1.73 bits per heavy atom. The fourth-order valence-corrected chi connectivity index (χ4v) is 4.87. The van der Waals surface area contributed by atoms with E-state index in [-0.39, 0.29) is 0 Å². The van der Waals surface area contributed by atoms with Gasteiger partial charge < -0.3 is 9.05 Å². The van der Waals surface area contributed by atoms with Crippen molar-refractivity contribution in [3.63, 3.8) is 0 Å². The van der Waals surface area contributed by atoms with E-state index < -0.39 is 7.60 Å². The Balaban J connectivity index is 2.28. The van der Waals surface area contributed by atoms with Gasteiger partial charge in [-0.25, -0.2) is 0 Å². The Morgan fingerprint density at radius 3 is 2.36 bits per heavy atom. The van der Waals surface area contributed by atoms with Crippen molar-refractivity contribution in [1.29, 1.82) is 0 Å². The predicted molar refractivity (Wildman–Crippen MR) is 94.5 cm³/mol. The second-order valence-electron chi connectivity index (χ2n) is 7.18. The van der Waals surface area contributed by atoms with E-state index in [1.54, 1.807) is 0 Å². The van der Waals surface area contributed by atoms with E-state index in [0.717, 1.165) is 38.0 Å². The van der Waals surface area contributed by atoms with Gasteiger partial charge in [0, 0.05) is 0 Å². The molecule has 1 saturated carbocycles. The average Bonchev–Trinajstić information content (AvgIpc) is 2.51. The van der Waals surface area contributed by atoms with E-state index in [4.69, 9.17) is 9.05 Å². The quantitative estimate of drug-likeness (QED) is 0.305. The molecule has 0 aromatic carbocycles. The Labute approximate surface area is 138 Å². The van der Waals surface area contributed by atoms with Gasteiger partial charge in [-0.15, -0.1) is 0 Å². The number of unbranched alkanes of at least 4 members (excludes halogenated alkanes) is 1. The van der Waals surface area contributed by atoms with Crippen molar-refractivity contribution in [3.8, 4) is 0 Å². The zero-order valence-electron chi connectivity index (χ0n) is 15.0. The Hall–Kier alpha value is 0.150. The number of hydrogen-bond donors (Lipinski definition) is 0. The summed E-state index contributed by atoms with van der Waals surface area (Å²) in [7, 11) is -2.86. The monoisotopic (exact) mass is 332 g/mol. The standard InChI is InChI=1S/C18H37O3P/c1-4-5-16-22(19,20-14-9-10-17(2)3)21-15-13-18-11-7-6-8-12-18/h17-18H,4-16H2,1-3H3. The molecule has 1 unspecified atom stereocenters. The van der Waals surface area contributed by atoms with Gasteiger partial charge in [0.05, 0.1) is 19.4 Å². The van der Waals surface area contributed by atoms with E-state index in [1.807, 2.05) is 0 Å². The molecule has 0 spiro atoms. The van der Waals surface area contributed by atoms with Gasteiger partial charge in [0.2, 0.25) is 0 Å². The molecule has 0 N–H and O–H groups in total. The Morgan fingerprint density at radius 1 is 1.05 bits per heavy atom. The molecule has 0 aliphatic heterocycles. The first kappa shape index (κ1) is 20.2. The first-order valence-electron chi connectivity index (χ1n) is 9.44. The van der Waals surface area contributed by atoms with Crippen LogP contribution >= 0.6 is 7.60 Å². The third kappa shape index (κ3) is 9.33. The minimum Gasteiger partial charge on any atom is -0.309 e. The van der Waals surface area contributed by atoms with Gasteiger partial charge in [-0.2, -0.15) is 0 Å². The van der Waals surface area contributed by atoms with Crippen molar-refractivity contribution in [2.45, 2.75) is 85.0 Å². The van der Waals surface area contributed by atoms with Crippen LogP contribution in [0.25, 0.3) is 0 Å². The van der Waals surface area contributed by atoms with Crippen LogP contribution in [0.15, 0.2) is 0 Å². The molecular weight excluding hydrogens is 295 g/mol. The fourth-order valence-electron chi connectivity index (χ4n) is 3.05. The first-order valence-corrected chi connectivity index (χ1v) is 11.2. The lowest BCUT2D eigenvalue weighted by Crippen LogP contribution is -2.10. The predicted octanol–water partition coefficient (Wildman–Crippen LogP) is 6.42. The van der Waals surface area contributed by atoms with E-state index in [1.165, 1.54) is 32.1 Å². The van der Waals surface area contributed by atoms with Crippen molar-refractivity contribution >= 4 is 7.60 Å². The van der Waals surface area contributed by atoms with Crippen molar-refractivity contribution < 1.29 is 13.6 Å². The molecule has 4 heteroatoms. The molecule has 0 aromatic rings. The minimum absolute atomic E-state index is 0.572. The van der Waals surface area contributed by atoms with Crippen molar-refractivity contribution in [3.05, 3.63) is 0 Å². The van der Waals surface area contributed by atoms with Crippen LogP contribution in [0, 0.1) is 11.8 Å². The summed E-state index contributed by atoms with van der Waals surface area (Å²) in [5.41, 5.74) is 0. The van der Waals surface area contributed by atoms with Crippen LogP contribution in [0.1, 0.15) is 85.0 Å². The summed E-state index contributed by atoms with van der Waals surface area (Å²) in [5.74, 6) is 1.44. The zero-order valence-corrected chi connectivity index (χ0v) is 15.9. The van der Waals surface area contributed by atoms with Gasteiger partial charge in [-0.1, -0.05) is 59.3 Å². The highest BCUT2D eigenvalue weighted by Crippen LogP contribution is 2.49. The molecule has 1 aliphatic carbocycles. The molecule has 22 heavy (non-hydrogen) atoms. The third-order valence-electron chi connectivity index (χ3n) is 4.54. The van der Waals surface area contributed by atoms with Gasteiger partial charge in [-0.05, 0) is 37.5 Å². The highest BCUT2D eigenvalue weighted by Gasteiger charge is 2.24. The molecule has 1 fully saturated rings. The second kappa shape index (κ2) is 11.6. The van der Waals surface area contributed by atoms with Gasteiger partial charge in [0.25, 0.3) is 0 Å². The lowest BCUT2D eigenvalue weighted by atomic mass is 9.87. The molecule has 1 rings (SSSR count). The second-order valence-corrected chi connectivity index (χ2v) is 9.37. The number of rotatable bonds is 12. The summed E-state index contributed by atoms with van der Waals surface area (Å²) in [6.07, 6.45) is 12.4. The summed E-state index contributed by atoms with van der Waals surface area (Å²) in [6.45, 7) is 7.71. The molecule has 132 valence electrons. The lowest BCUT2D eigenvalue weighted by molar-refractivity contribution is 0.181. The maximum Gasteiger partial charge on any atom is 0.330 e. The van der Waals surface area contributed by atoms with Crippen LogP contribution in [0.4, 0.5) is 0 Å². The molecule has 0 aromatic heterocycles. The van der Waals surface area contributed by atoms with Gasteiger partial charge in [0.1, 0.15) is 0 Å². The Bertz CT molecular complexity index is 311. The SMILES string of the molecule is CCCCP(=O)(OCCCC(C)C)OCCC1CCCCC1. The summed E-state index contributed by atoms with van der Waals surface area (Å²) >= 11 is 0. The summed E-state index contributed by atoms with van der Waals surface area (Å²) in [5, 5.41) is 0. The average molecular weight is 332 g/mol. The van der Waals surface area contributed by atoms with E-state index in [2.05, 4.69) is 20.8 Å². The third-order valence-corrected chi connectivity index (χ3v) is 6.55. The van der Waals surface area contributed by atoms with Gasteiger partial charge in [0.15, 0.2) is 0 Å². The minimum atomic E-state index is -2.86. The van der Waals surface area contributed by atoms with E-state index >= 15 is 0 Å². The molecule has 0 radical (unpaired) electrons. The summed E-state index contributed by atoms with van der Waals surface area (Å²) in [6, 6.07) is 0. The molecule has 1 atom stereocenters. The Kier molecular flexibility index (Phi) is 10.7. The van der Waals surface area contributed by atoms with Crippen LogP contribution in [0.3, 0.4) is 0 Å². The smallest absolute Gasteiger partial charge is 0.309 e. The van der Waals surface area contributed by atoms with E-state index in [0.29, 0.717) is 25.3 Å². The van der Waals surface area contributed by atoms with Gasteiger partial charge in [-0.3, -0.25) is 4.57 Å². The number of hydrogen-bond acceptors (Lipinski definition) is 3. The molecule has 0 amide bonds. The molecule has 0 bridgehead atoms. The zero-order chi connectivity index (χ0) is 16.3. The van der Waals surface area contributed by atoms with E-state index in [9.17, 15) is 4.57 Å². The topological polar surface area (TPSA) is 35.5 Å². The molecule has 0 heterocycles. The maximum absolute atomic E-state index is 12.8. The maximum atomic E-state index is 12.8. The van der Waals surface area contributed by atoms with Gasteiger partial charge >= 0.3 is 7.60 Å². The van der Waals surface area contributed by atoms with Crippen LogP contribution in [-0.2, 0) is 13.6 Å². The first-order chi connectivity index (χ1) is 10.6. The normalized spacial score (nSPS) is 19.5. The highest BCUT2D eigenvalue weighted by atomic mass is 31.2.